The average Bonchev–Trinajstić information content (AvgIpc) is 2.49. The minimum Gasteiger partial charge on any atom is -0.383 e. The van der Waals surface area contributed by atoms with Crippen molar-refractivity contribution >= 4 is 15.7 Å². The molecule has 1 aliphatic rings. The van der Waals surface area contributed by atoms with E-state index in [0.29, 0.717) is 25.3 Å². The van der Waals surface area contributed by atoms with Gasteiger partial charge in [0, 0.05) is 38.9 Å². The molecule has 1 saturated heterocycles. The Morgan fingerprint density at radius 1 is 1.24 bits per heavy atom. The van der Waals surface area contributed by atoms with Crippen LogP contribution in [0.1, 0.15) is 20.3 Å². The second kappa shape index (κ2) is 7.20. The van der Waals surface area contributed by atoms with Crippen LogP contribution in [0.4, 0.5) is 5.69 Å². The van der Waals surface area contributed by atoms with Crippen molar-refractivity contribution in [1.29, 1.82) is 0 Å². The summed E-state index contributed by atoms with van der Waals surface area (Å²) in [5, 5.41) is 3.21. The summed E-state index contributed by atoms with van der Waals surface area (Å²) >= 11 is 0. The van der Waals surface area contributed by atoms with Crippen molar-refractivity contribution in [3.63, 3.8) is 0 Å². The van der Waals surface area contributed by atoms with Crippen LogP contribution in [0.3, 0.4) is 0 Å². The van der Waals surface area contributed by atoms with E-state index in [4.69, 9.17) is 0 Å². The van der Waals surface area contributed by atoms with E-state index in [-0.39, 0.29) is 5.03 Å². The van der Waals surface area contributed by atoms with Gasteiger partial charge in [0.05, 0.1) is 5.69 Å². The van der Waals surface area contributed by atoms with Crippen molar-refractivity contribution in [1.82, 2.24) is 14.2 Å². The minimum atomic E-state index is -3.52. The summed E-state index contributed by atoms with van der Waals surface area (Å²) in [6.07, 6.45) is 2.62. The molecule has 0 unspecified atom stereocenters. The van der Waals surface area contributed by atoms with Gasteiger partial charge in [-0.1, -0.05) is 6.92 Å². The largest absolute Gasteiger partial charge is 0.383 e. The first kappa shape index (κ1) is 16.2. The van der Waals surface area contributed by atoms with E-state index in [2.05, 4.69) is 22.1 Å². The van der Waals surface area contributed by atoms with Gasteiger partial charge in [-0.2, -0.15) is 4.31 Å². The average molecular weight is 312 g/mol. The molecule has 0 atom stereocenters. The van der Waals surface area contributed by atoms with Crippen LogP contribution >= 0.6 is 0 Å². The minimum absolute atomic E-state index is 0.135. The van der Waals surface area contributed by atoms with Crippen molar-refractivity contribution in [2.75, 3.05) is 44.6 Å². The van der Waals surface area contributed by atoms with E-state index < -0.39 is 10.0 Å². The molecule has 7 heteroatoms. The van der Waals surface area contributed by atoms with E-state index in [0.717, 1.165) is 26.1 Å². The summed E-state index contributed by atoms with van der Waals surface area (Å²) in [7, 11) is -3.52. The Morgan fingerprint density at radius 2 is 1.95 bits per heavy atom. The number of piperazine rings is 1. The van der Waals surface area contributed by atoms with Crippen LogP contribution in [-0.2, 0) is 10.0 Å². The van der Waals surface area contributed by atoms with Crippen LogP contribution in [0.5, 0.6) is 0 Å². The zero-order chi connectivity index (χ0) is 15.3. The van der Waals surface area contributed by atoms with E-state index in [1.165, 1.54) is 6.20 Å². The molecule has 6 nitrogen and oxygen atoms in total. The van der Waals surface area contributed by atoms with E-state index in [9.17, 15) is 8.42 Å². The van der Waals surface area contributed by atoms with Gasteiger partial charge in [0.25, 0.3) is 10.0 Å². The molecule has 0 aromatic carbocycles. The number of pyridine rings is 1. The molecule has 0 aliphatic carbocycles. The van der Waals surface area contributed by atoms with Crippen molar-refractivity contribution < 1.29 is 8.42 Å². The molecule has 118 valence electrons. The number of sulfonamides is 1. The number of anilines is 1. The molecule has 1 aromatic heterocycles. The van der Waals surface area contributed by atoms with Gasteiger partial charge in [0.1, 0.15) is 0 Å². The highest BCUT2D eigenvalue weighted by molar-refractivity contribution is 7.89. The van der Waals surface area contributed by atoms with Gasteiger partial charge in [-0.15, -0.1) is 0 Å². The second-order valence-electron chi connectivity index (χ2n) is 5.13. The number of aromatic nitrogens is 1. The number of nitrogens with zero attached hydrogens (tertiary/aromatic N) is 3. The highest BCUT2D eigenvalue weighted by atomic mass is 32.2. The van der Waals surface area contributed by atoms with Crippen LogP contribution in [0, 0.1) is 0 Å². The zero-order valence-electron chi connectivity index (χ0n) is 12.7. The van der Waals surface area contributed by atoms with Gasteiger partial charge in [-0.05, 0) is 32.0 Å². The molecule has 1 fully saturated rings. The number of rotatable bonds is 6. The van der Waals surface area contributed by atoms with Crippen molar-refractivity contribution in [3.05, 3.63) is 18.3 Å². The van der Waals surface area contributed by atoms with Gasteiger partial charge in [-0.3, -0.25) is 0 Å². The molecular formula is C14H24N4O2S. The Hall–Kier alpha value is -1.18. The first-order valence-corrected chi connectivity index (χ1v) is 8.95. The van der Waals surface area contributed by atoms with Crippen LogP contribution in [0.25, 0.3) is 0 Å². The normalized spacial score (nSPS) is 17.8. The number of hydrogen-bond donors (Lipinski definition) is 1. The summed E-state index contributed by atoms with van der Waals surface area (Å²) in [6.45, 7) is 8.41. The number of hydrogen-bond acceptors (Lipinski definition) is 5. The van der Waals surface area contributed by atoms with Gasteiger partial charge in [0.2, 0.25) is 0 Å². The lowest BCUT2D eigenvalue weighted by Crippen LogP contribution is -2.48. The molecule has 1 aromatic rings. The van der Waals surface area contributed by atoms with Gasteiger partial charge in [0.15, 0.2) is 5.03 Å². The topological polar surface area (TPSA) is 65.5 Å². The van der Waals surface area contributed by atoms with Crippen LogP contribution in [0.2, 0.25) is 0 Å². The van der Waals surface area contributed by atoms with Crippen LogP contribution in [0.15, 0.2) is 23.4 Å². The third kappa shape index (κ3) is 3.72. The fourth-order valence-corrected chi connectivity index (χ4v) is 4.05. The Morgan fingerprint density at radius 3 is 2.57 bits per heavy atom. The number of nitrogens with one attached hydrogen (secondary N) is 1. The maximum absolute atomic E-state index is 12.8. The van der Waals surface area contributed by atoms with Gasteiger partial charge in [-0.25, -0.2) is 13.4 Å². The molecule has 0 bridgehead atoms. The highest BCUT2D eigenvalue weighted by Crippen LogP contribution is 2.23. The van der Waals surface area contributed by atoms with E-state index >= 15 is 0 Å². The van der Waals surface area contributed by atoms with E-state index in [1.807, 2.05) is 6.92 Å². The predicted octanol–water partition coefficient (Wildman–Crippen LogP) is 1.23. The Kier molecular flexibility index (Phi) is 5.55. The lowest BCUT2D eigenvalue weighted by Gasteiger charge is -2.33. The van der Waals surface area contributed by atoms with Crippen molar-refractivity contribution in [2.45, 2.75) is 25.3 Å². The van der Waals surface area contributed by atoms with E-state index in [1.54, 1.807) is 16.4 Å². The molecule has 21 heavy (non-hydrogen) atoms. The summed E-state index contributed by atoms with van der Waals surface area (Å²) in [4.78, 5) is 6.40. The summed E-state index contributed by atoms with van der Waals surface area (Å²) < 4.78 is 27.0. The van der Waals surface area contributed by atoms with Crippen LogP contribution in [-0.4, -0.2) is 61.9 Å². The predicted molar refractivity (Wildman–Crippen MR) is 83.9 cm³/mol. The standard InChI is InChI=1S/C14H24N4O2S/c1-3-8-17-9-11-18(12-10-17)21(19,20)14-13(15-4-2)6-5-7-16-14/h5-7,15H,3-4,8-12H2,1-2H3. The zero-order valence-corrected chi connectivity index (χ0v) is 13.6. The molecule has 2 heterocycles. The molecule has 0 spiro atoms. The Labute approximate surface area is 127 Å². The van der Waals surface area contributed by atoms with Gasteiger partial charge < -0.3 is 10.2 Å². The first-order valence-electron chi connectivity index (χ1n) is 7.51. The lowest BCUT2D eigenvalue weighted by molar-refractivity contribution is 0.188. The fourth-order valence-electron chi connectivity index (χ4n) is 2.55. The van der Waals surface area contributed by atoms with Crippen LogP contribution < -0.4 is 5.32 Å². The Balaban J connectivity index is 2.16. The van der Waals surface area contributed by atoms with Crippen molar-refractivity contribution in [3.8, 4) is 0 Å². The monoisotopic (exact) mass is 312 g/mol. The smallest absolute Gasteiger partial charge is 0.262 e. The van der Waals surface area contributed by atoms with Gasteiger partial charge >= 0.3 is 0 Å². The molecule has 2 rings (SSSR count). The first-order chi connectivity index (χ1) is 10.1. The quantitative estimate of drug-likeness (QED) is 0.856. The third-order valence-corrected chi connectivity index (χ3v) is 5.45. The highest BCUT2D eigenvalue weighted by Gasteiger charge is 2.31. The lowest BCUT2D eigenvalue weighted by atomic mass is 10.3. The second-order valence-corrected chi connectivity index (χ2v) is 6.99. The Bertz CT molecular complexity index is 554. The fraction of sp³-hybridized carbons (Fsp3) is 0.643. The molecule has 1 N–H and O–H groups in total. The maximum Gasteiger partial charge on any atom is 0.262 e. The molecule has 0 radical (unpaired) electrons. The molecule has 0 amide bonds. The molecule has 0 saturated carbocycles. The van der Waals surface area contributed by atoms with Crippen molar-refractivity contribution in [2.24, 2.45) is 0 Å². The molecular weight excluding hydrogens is 288 g/mol. The third-order valence-electron chi connectivity index (χ3n) is 3.59. The summed E-state index contributed by atoms with van der Waals surface area (Å²) in [5.74, 6) is 0. The summed E-state index contributed by atoms with van der Waals surface area (Å²) in [5.41, 5.74) is 0.580. The SMILES string of the molecule is CCCN1CCN(S(=O)(=O)c2ncccc2NCC)CC1. The molecule has 1 aliphatic heterocycles. The summed E-state index contributed by atoms with van der Waals surface area (Å²) in [6, 6.07) is 3.51. The maximum atomic E-state index is 12.8.